The summed E-state index contributed by atoms with van der Waals surface area (Å²) in [7, 11) is -3.56. The van der Waals surface area contributed by atoms with Gasteiger partial charge in [0.2, 0.25) is 15.9 Å². The fourth-order valence-electron chi connectivity index (χ4n) is 2.06. The molecular formula is C14H20N2O3S. The van der Waals surface area contributed by atoms with Gasteiger partial charge in [0.15, 0.2) is 0 Å². The molecule has 20 heavy (non-hydrogen) atoms. The molecule has 0 aromatic heterocycles. The molecule has 1 fully saturated rings. The van der Waals surface area contributed by atoms with Crippen LogP contribution in [0.25, 0.3) is 0 Å². The van der Waals surface area contributed by atoms with Gasteiger partial charge in [0.25, 0.3) is 0 Å². The van der Waals surface area contributed by atoms with Crippen LogP contribution in [0.3, 0.4) is 0 Å². The smallest absolute Gasteiger partial charge is 0.243 e. The van der Waals surface area contributed by atoms with Gasteiger partial charge in [-0.25, -0.2) is 8.42 Å². The summed E-state index contributed by atoms with van der Waals surface area (Å²) in [5, 5.41) is 2.79. The molecule has 1 amide bonds. The van der Waals surface area contributed by atoms with Gasteiger partial charge in [0.1, 0.15) is 6.04 Å². The number of carbonyl (C=O) groups excluding carboxylic acids is 1. The quantitative estimate of drug-likeness (QED) is 0.888. The van der Waals surface area contributed by atoms with Crippen molar-refractivity contribution in [2.45, 2.75) is 31.2 Å². The van der Waals surface area contributed by atoms with E-state index in [2.05, 4.69) is 5.32 Å². The minimum atomic E-state index is -3.56. The van der Waals surface area contributed by atoms with Crippen molar-refractivity contribution in [1.29, 1.82) is 0 Å². The highest BCUT2D eigenvalue weighted by Crippen LogP contribution is 2.26. The third-order valence-corrected chi connectivity index (χ3v) is 5.23. The molecule has 0 saturated carbocycles. The number of benzene rings is 1. The van der Waals surface area contributed by atoms with E-state index in [0.717, 1.165) is 0 Å². The minimum absolute atomic E-state index is 0.204. The maximum atomic E-state index is 12.4. The highest BCUT2D eigenvalue weighted by molar-refractivity contribution is 7.89. The molecular weight excluding hydrogens is 276 g/mol. The number of rotatable bonds is 5. The molecule has 6 heteroatoms. The predicted octanol–water partition coefficient (Wildman–Crippen LogP) is 1.22. The monoisotopic (exact) mass is 296 g/mol. The molecule has 1 atom stereocenters. The first kappa shape index (κ1) is 15.0. The van der Waals surface area contributed by atoms with Gasteiger partial charge in [-0.1, -0.05) is 32.0 Å². The molecule has 1 unspecified atom stereocenters. The van der Waals surface area contributed by atoms with Crippen molar-refractivity contribution in [3.8, 4) is 0 Å². The number of nitrogens with zero attached hydrogens (tertiary/aromatic N) is 1. The molecule has 5 nitrogen and oxygen atoms in total. The van der Waals surface area contributed by atoms with E-state index in [4.69, 9.17) is 0 Å². The lowest BCUT2D eigenvalue weighted by Gasteiger charge is -2.38. The normalized spacial score (nSPS) is 19.6. The van der Waals surface area contributed by atoms with Crippen LogP contribution in [0.15, 0.2) is 35.2 Å². The van der Waals surface area contributed by atoms with E-state index >= 15 is 0 Å². The molecule has 1 aromatic carbocycles. The van der Waals surface area contributed by atoms with Crippen LogP contribution < -0.4 is 5.32 Å². The molecule has 0 aliphatic carbocycles. The summed E-state index contributed by atoms with van der Waals surface area (Å²) in [5.41, 5.74) is 0. The predicted molar refractivity (Wildman–Crippen MR) is 76.6 cm³/mol. The first-order valence-electron chi connectivity index (χ1n) is 6.77. The number of nitrogens with one attached hydrogen (secondary N) is 1. The Kier molecular flexibility index (Phi) is 4.45. The molecule has 0 spiro atoms. The van der Waals surface area contributed by atoms with Gasteiger partial charge in [-0.3, -0.25) is 4.79 Å². The van der Waals surface area contributed by atoms with Crippen molar-refractivity contribution in [3.05, 3.63) is 30.3 Å². The largest absolute Gasteiger partial charge is 0.354 e. The van der Waals surface area contributed by atoms with Crippen molar-refractivity contribution < 1.29 is 13.2 Å². The third-order valence-electron chi connectivity index (χ3n) is 3.31. The molecule has 110 valence electrons. The first-order chi connectivity index (χ1) is 9.43. The summed E-state index contributed by atoms with van der Waals surface area (Å²) in [4.78, 5) is 12.2. The van der Waals surface area contributed by atoms with Crippen molar-refractivity contribution in [1.82, 2.24) is 9.62 Å². The summed E-state index contributed by atoms with van der Waals surface area (Å²) in [5.74, 6) is 0.141. The lowest BCUT2D eigenvalue weighted by molar-refractivity contribution is -0.127. The average molecular weight is 296 g/mol. The molecule has 1 saturated heterocycles. The molecule has 1 N–H and O–H groups in total. The summed E-state index contributed by atoms with van der Waals surface area (Å²) >= 11 is 0. The van der Waals surface area contributed by atoms with Gasteiger partial charge in [-0.15, -0.1) is 0 Å². The minimum Gasteiger partial charge on any atom is -0.354 e. The molecule has 2 rings (SSSR count). The Morgan fingerprint density at radius 1 is 1.35 bits per heavy atom. The van der Waals surface area contributed by atoms with Gasteiger partial charge >= 0.3 is 0 Å². The van der Waals surface area contributed by atoms with Gasteiger partial charge in [0, 0.05) is 13.1 Å². The van der Waals surface area contributed by atoms with Gasteiger partial charge in [0.05, 0.1) is 4.90 Å². The summed E-state index contributed by atoms with van der Waals surface area (Å²) in [6.45, 7) is 4.96. The molecule has 1 aliphatic heterocycles. The summed E-state index contributed by atoms with van der Waals surface area (Å²) in [6.07, 6.45) is 0.579. The highest BCUT2D eigenvalue weighted by atomic mass is 32.2. The molecule has 1 aliphatic rings. The lowest BCUT2D eigenvalue weighted by atomic mass is 10.1. The van der Waals surface area contributed by atoms with Crippen molar-refractivity contribution in [3.63, 3.8) is 0 Å². The molecule has 0 bridgehead atoms. The summed E-state index contributed by atoms with van der Waals surface area (Å²) in [6, 6.07) is 7.66. The number of hydrogen-bond donors (Lipinski definition) is 1. The molecule has 0 radical (unpaired) electrons. The maximum absolute atomic E-state index is 12.4. The van der Waals surface area contributed by atoms with E-state index in [1.807, 2.05) is 13.8 Å². The fourth-order valence-corrected chi connectivity index (χ4v) is 3.72. The van der Waals surface area contributed by atoms with Crippen LogP contribution >= 0.6 is 0 Å². The zero-order valence-corrected chi connectivity index (χ0v) is 12.6. The van der Waals surface area contributed by atoms with E-state index in [1.54, 1.807) is 30.3 Å². The SMILES string of the molecule is CC(C)CNC(=O)C1CCN1S(=O)(=O)c1ccccc1. The number of sulfonamides is 1. The first-order valence-corrected chi connectivity index (χ1v) is 8.21. The van der Waals surface area contributed by atoms with Crippen LogP contribution in [0.5, 0.6) is 0 Å². The second kappa shape index (κ2) is 5.93. The van der Waals surface area contributed by atoms with Gasteiger partial charge in [-0.2, -0.15) is 4.31 Å². The second-order valence-electron chi connectivity index (χ2n) is 5.37. The Balaban J connectivity index is 2.08. The fraction of sp³-hybridized carbons (Fsp3) is 0.500. The topological polar surface area (TPSA) is 66.5 Å². The van der Waals surface area contributed by atoms with Crippen LogP contribution in [-0.4, -0.2) is 37.8 Å². The number of carbonyl (C=O) groups is 1. The lowest BCUT2D eigenvalue weighted by Crippen LogP contribution is -2.58. The van der Waals surface area contributed by atoms with Gasteiger partial charge < -0.3 is 5.32 Å². The van der Waals surface area contributed by atoms with E-state index in [0.29, 0.717) is 25.4 Å². The Bertz CT molecular complexity index is 569. The van der Waals surface area contributed by atoms with Gasteiger partial charge in [-0.05, 0) is 24.5 Å². The zero-order chi connectivity index (χ0) is 14.8. The number of hydrogen-bond acceptors (Lipinski definition) is 3. The van der Waals surface area contributed by atoms with E-state index in [1.165, 1.54) is 4.31 Å². The molecule has 1 aromatic rings. The second-order valence-corrected chi connectivity index (χ2v) is 7.26. The number of amides is 1. The Hall–Kier alpha value is -1.40. The van der Waals surface area contributed by atoms with E-state index in [9.17, 15) is 13.2 Å². The third kappa shape index (κ3) is 3.02. The summed E-state index contributed by atoms with van der Waals surface area (Å²) < 4.78 is 26.1. The van der Waals surface area contributed by atoms with Crippen molar-refractivity contribution in [2.24, 2.45) is 5.92 Å². The highest BCUT2D eigenvalue weighted by Gasteiger charge is 2.42. The van der Waals surface area contributed by atoms with Crippen molar-refractivity contribution >= 4 is 15.9 Å². The van der Waals surface area contributed by atoms with Crippen molar-refractivity contribution in [2.75, 3.05) is 13.1 Å². The van der Waals surface area contributed by atoms with Crippen LogP contribution in [0, 0.1) is 5.92 Å². The Morgan fingerprint density at radius 3 is 2.50 bits per heavy atom. The Morgan fingerprint density at radius 2 is 2.00 bits per heavy atom. The standard InChI is InChI=1S/C14H20N2O3S/c1-11(2)10-15-14(17)13-8-9-16(13)20(18,19)12-6-4-3-5-7-12/h3-7,11,13H,8-10H2,1-2H3,(H,15,17). The molecule has 1 heterocycles. The average Bonchev–Trinajstić information content (AvgIpc) is 2.35. The zero-order valence-electron chi connectivity index (χ0n) is 11.7. The van der Waals surface area contributed by atoms with E-state index in [-0.39, 0.29) is 10.8 Å². The maximum Gasteiger partial charge on any atom is 0.243 e. The van der Waals surface area contributed by atoms with Crippen LogP contribution in [0.1, 0.15) is 20.3 Å². The Labute approximate surface area is 120 Å². The van der Waals surface area contributed by atoms with E-state index < -0.39 is 16.1 Å². The van der Waals surface area contributed by atoms with Crippen LogP contribution in [0.4, 0.5) is 0 Å². The van der Waals surface area contributed by atoms with Crippen LogP contribution in [0.2, 0.25) is 0 Å². The van der Waals surface area contributed by atoms with Crippen LogP contribution in [-0.2, 0) is 14.8 Å².